The van der Waals surface area contributed by atoms with E-state index in [-0.39, 0.29) is 42.7 Å². The molecule has 0 aromatic carbocycles. The maximum Gasteiger partial charge on any atom is 0.306 e. The van der Waals surface area contributed by atoms with E-state index in [2.05, 4.69) is 86.8 Å². The van der Waals surface area contributed by atoms with Crippen LogP contribution in [0.4, 0.5) is 0 Å². The predicted octanol–water partition coefficient (Wildman–Crippen LogP) is 10.2. The quantitative estimate of drug-likeness (QED) is 0.0268. The lowest BCUT2D eigenvalue weighted by atomic mass is 10.1. The molecule has 314 valence electrons. The number of carboxylic acid groups (broad SMARTS) is 1. The minimum Gasteiger partial charge on any atom is -0.544 e. The molecule has 0 aliphatic rings. The topological polar surface area (TPSA) is 102 Å². The molecule has 8 nitrogen and oxygen atoms in total. The zero-order chi connectivity index (χ0) is 40.7. The fraction of sp³-hybridized carbons (Fsp3) is 0.681. The van der Waals surface area contributed by atoms with E-state index in [9.17, 15) is 19.5 Å². The number of hydrogen-bond donors (Lipinski definition) is 0. The van der Waals surface area contributed by atoms with Crippen molar-refractivity contribution in [2.24, 2.45) is 0 Å². The van der Waals surface area contributed by atoms with Gasteiger partial charge in [0.1, 0.15) is 12.6 Å². The molecule has 0 bridgehead atoms. The van der Waals surface area contributed by atoms with E-state index in [1.54, 1.807) is 21.1 Å². The van der Waals surface area contributed by atoms with Crippen molar-refractivity contribution in [2.75, 3.05) is 41.0 Å². The Morgan fingerprint density at radius 3 is 1.53 bits per heavy atom. The second-order valence-corrected chi connectivity index (χ2v) is 15.2. The van der Waals surface area contributed by atoms with E-state index >= 15 is 0 Å². The summed E-state index contributed by atoms with van der Waals surface area (Å²) in [4.78, 5) is 36.8. The van der Waals surface area contributed by atoms with E-state index in [4.69, 9.17) is 14.2 Å². The van der Waals surface area contributed by atoms with Gasteiger partial charge in [0.25, 0.3) is 0 Å². The van der Waals surface area contributed by atoms with Crippen molar-refractivity contribution in [1.29, 1.82) is 0 Å². The highest BCUT2D eigenvalue weighted by molar-refractivity contribution is 5.70. The molecule has 0 fully saturated rings. The van der Waals surface area contributed by atoms with Gasteiger partial charge in [-0.15, -0.1) is 0 Å². The van der Waals surface area contributed by atoms with Crippen molar-refractivity contribution in [2.45, 2.75) is 167 Å². The van der Waals surface area contributed by atoms with Gasteiger partial charge >= 0.3 is 11.9 Å². The number of nitrogens with zero attached hydrogens (tertiary/aromatic N) is 1. The Hall–Kier alpha value is -3.23. The molecule has 2 atom stereocenters. The summed E-state index contributed by atoms with van der Waals surface area (Å²) in [7, 11) is 5.38. The van der Waals surface area contributed by atoms with Gasteiger partial charge in [-0.25, -0.2) is 0 Å². The molecule has 0 saturated carbocycles. The third-order valence-corrected chi connectivity index (χ3v) is 9.08. The number of carbonyl (C=O) groups is 3. The summed E-state index contributed by atoms with van der Waals surface area (Å²) in [5, 5.41) is 11.6. The Kier molecular flexibility index (Phi) is 35.5. The first kappa shape index (κ1) is 51.8. The fourth-order valence-electron chi connectivity index (χ4n) is 5.72. The Morgan fingerprint density at radius 1 is 0.564 bits per heavy atom. The van der Waals surface area contributed by atoms with Crippen LogP contribution in [0, 0.1) is 0 Å². The van der Waals surface area contributed by atoms with Crippen molar-refractivity contribution >= 4 is 17.9 Å². The largest absolute Gasteiger partial charge is 0.544 e. The molecule has 0 amide bonds. The first-order valence-corrected chi connectivity index (χ1v) is 21.5. The molecular formula is C47H79NO7. The highest BCUT2D eigenvalue weighted by atomic mass is 16.6. The molecule has 0 aliphatic heterocycles. The number of likely N-dealkylation sites (N-methyl/N-ethyl adjacent to an activating group) is 1. The Bertz CT molecular complexity index is 1130. The first-order valence-electron chi connectivity index (χ1n) is 21.5. The third-order valence-electron chi connectivity index (χ3n) is 9.08. The average Bonchev–Trinajstić information content (AvgIpc) is 3.14. The molecule has 8 heteroatoms. The molecule has 0 N–H and O–H groups in total. The minimum absolute atomic E-state index is 0.0253. The molecule has 2 unspecified atom stereocenters. The number of carbonyl (C=O) groups excluding carboxylic acids is 3. The lowest BCUT2D eigenvalue weighted by Gasteiger charge is -2.34. The van der Waals surface area contributed by atoms with Crippen LogP contribution in [-0.2, 0) is 28.6 Å². The van der Waals surface area contributed by atoms with Crippen LogP contribution >= 0.6 is 0 Å². The van der Waals surface area contributed by atoms with Crippen molar-refractivity contribution in [1.82, 2.24) is 0 Å². The van der Waals surface area contributed by atoms with E-state index in [1.165, 1.54) is 12.8 Å². The molecule has 0 saturated heterocycles. The zero-order valence-corrected chi connectivity index (χ0v) is 35.6. The lowest BCUT2D eigenvalue weighted by molar-refractivity contribution is -0.889. The van der Waals surface area contributed by atoms with Gasteiger partial charge in [0.2, 0.25) is 0 Å². The van der Waals surface area contributed by atoms with Crippen molar-refractivity contribution in [3.63, 3.8) is 0 Å². The normalized spacial score (nSPS) is 13.7. The molecule has 0 aromatic rings. The summed E-state index contributed by atoms with van der Waals surface area (Å²) in [6.45, 7) is 4.45. The number of hydrogen-bond acceptors (Lipinski definition) is 7. The fourth-order valence-corrected chi connectivity index (χ4v) is 5.72. The van der Waals surface area contributed by atoms with Gasteiger partial charge in [-0.3, -0.25) is 9.59 Å². The maximum atomic E-state index is 12.7. The van der Waals surface area contributed by atoms with Crippen molar-refractivity contribution in [3.05, 3.63) is 72.9 Å². The number of carboxylic acids is 1. The van der Waals surface area contributed by atoms with E-state index in [0.29, 0.717) is 12.8 Å². The number of esters is 2. The number of rotatable bonds is 37. The summed E-state index contributed by atoms with van der Waals surface area (Å²) in [5.74, 6) is -1.79. The molecular weight excluding hydrogens is 691 g/mol. The van der Waals surface area contributed by atoms with Gasteiger partial charge in [-0.1, -0.05) is 132 Å². The minimum atomic E-state index is -1.13. The smallest absolute Gasteiger partial charge is 0.306 e. The summed E-state index contributed by atoms with van der Waals surface area (Å²) < 4.78 is 17.1. The van der Waals surface area contributed by atoms with Crippen LogP contribution in [0.1, 0.15) is 155 Å². The number of ether oxygens (including phenoxy) is 3. The molecule has 0 radical (unpaired) electrons. The summed E-state index contributed by atoms with van der Waals surface area (Å²) in [5.41, 5.74) is 0. The van der Waals surface area contributed by atoms with Crippen LogP contribution in [0.15, 0.2) is 72.9 Å². The molecule has 55 heavy (non-hydrogen) atoms. The van der Waals surface area contributed by atoms with Gasteiger partial charge in [0.05, 0.1) is 40.3 Å². The standard InChI is InChI=1S/C47H79NO7/c1-6-8-10-12-14-16-18-19-20-21-22-23-24-25-26-28-29-31-33-35-37-45(49)54-42-43(41-53-40-39-44(47(51)52)48(3,4)5)55-46(50)38-36-34-32-30-27-17-15-13-11-9-7-2/h8,10,13-16,19-20,22-23,25-26,43-44H,6-7,9,11-12,17-18,21,24,27-42H2,1-5H3/b10-8+,15-13+,16-14+,20-19+,23-22+,26-25+. The van der Waals surface area contributed by atoms with E-state index < -0.39 is 18.1 Å². The maximum absolute atomic E-state index is 12.7. The van der Waals surface area contributed by atoms with E-state index in [0.717, 1.165) is 109 Å². The van der Waals surface area contributed by atoms with Gasteiger partial charge in [0, 0.05) is 19.3 Å². The SMILES string of the molecule is CC/C=C/C/C=C/C/C=C/C/C=C/C/C=C/CCCCCCC(=O)OCC(COCCC(C(=O)[O-])[N+](C)(C)C)OC(=O)CCCCCCC/C=C/CCCC. The van der Waals surface area contributed by atoms with Gasteiger partial charge in [-0.05, 0) is 77.0 Å². The second kappa shape index (κ2) is 37.7. The summed E-state index contributed by atoms with van der Waals surface area (Å²) >= 11 is 0. The van der Waals surface area contributed by atoms with Crippen LogP contribution < -0.4 is 5.11 Å². The zero-order valence-electron chi connectivity index (χ0n) is 35.6. The molecule has 0 spiro atoms. The Labute approximate surface area is 336 Å². The first-order chi connectivity index (χ1) is 26.6. The van der Waals surface area contributed by atoms with E-state index in [1.807, 2.05) is 0 Å². The molecule has 0 aromatic heterocycles. The van der Waals surface area contributed by atoms with Gasteiger partial charge in [-0.2, -0.15) is 0 Å². The average molecular weight is 770 g/mol. The number of allylic oxidation sites excluding steroid dienone is 12. The van der Waals surface area contributed by atoms with Gasteiger partial charge < -0.3 is 28.6 Å². The Balaban J connectivity index is 4.38. The van der Waals surface area contributed by atoms with Crippen LogP contribution in [0.5, 0.6) is 0 Å². The number of aliphatic carboxylic acids is 1. The number of unbranched alkanes of at least 4 members (excludes halogenated alkanes) is 11. The highest BCUT2D eigenvalue weighted by Gasteiger charge is 2.25. The number of quaternary nitrogens is 1. The van der Waals surface area contributed by atoms with Crippen LogP contribution in [-0.4, -0.2) is 75.5 Å². The lowest BCUT2D eigenvalue weighted by Crippen LogP contribution is -2.55. The van der Waals surface area contributed by atoms with Crippen LogP contribution in [0.2, 0.25) is 0 Å². The highest BCUT2D eigenvalue weighted by Crippen LogP contribution is 2.12. The summed E-state index contributed by atoms with van der Waals surface area (Å²) in [6, 6.07) is -0.733. The molecule has 0 rings (SSSR count). The van der Waals surface area contributed by atoms with Crippen LogP contribution in [0.25, 0.3) is 0 Å². The van der Waals surface area contributed by atoms with Crippen molar-refractivity contribution < 1.29 is 38.2 Å². The second-order valence-electron chi connectivity index (χ2n) is 15.2. The van der Waals surface area contributed by atoms with Crippen molar-refractivity contribution in [3.8, 4) is 0 Å². The molecule has 0 heterocycles. The third kappa shape index (κ3) is 36.2. The monoisotopic (exact) mass is 770 g/mol. The van der Waals surface area contributed by atoms with Gasteiger partial charge in [0.15, 0.2) is 6.10 Å². The Morgan fingerprint density at radius 2 is 1.02 bits per heavy atom. The predicted molar refractivity (Wildman–Crippen MR) is 226 cm³/mol. The summed E-state index contributed by atoms with van der Waals surface area (Å²) in [6.07, 6.45) is 46.4. The van der Waals surface area contributed by atoms with Crippen LogP contribution in [0.3, 0.4) is 0 Å². The molecule has 0 aliphatic carbocycles.